The molecule has 104 valence electrons. The highest BCUT2D eigenvalue weighted by atomic mass is 19.1. The summed E-state index contributed by atoms with van der Waals surface area (Å²) in [6, 6.07) is 1.51. The fourth-order valence-corrected chi connectivity index (χ4v) is 2.11. The van der Waals surface area contributed by atoms with Gasteiger partial charge >= 0.3 is 5.69 Å². The second-order valence-corrected chi connectivity index (χ2v) is 4.53. The number of nitrogens with one attached hydrogen (secondary N) is 1. The number of nitro benzene ring substituents is 1. The topological polar surface area (TPSA) is 58.4 Å². The molecule has 19 heavy (non-hydrogen) atoms. The van der Waals surface area contributed by atoms with Gasteiger partial charge in [0.25, 0.3) is 0 Å². The van der Waals surface area contributed by atoms with E-state index in [9.17, 15) is 18.9 Å². The molecule has 0 saturated carbocycles. The molecule has 2 rings (SSSR count). The van der Waals surface area contributed by atoms with Crippen LogP contribution in [-0.2, 0) is 6.54 Å². The molecule has 7 heteroatoms. The summed E-state index contributed by atoms with van der Waals surface area (Å²) in [4.78, 5) is 9.76. The predicted octanol–water partition coefficient (Wildman–Crippen LogP) is 2.36. The number of rotatable bonds is 4. The van der Waals surface area contributed by atoms with Crippen molar-refractivity contribution in [2.45, 2.75) is 25.8 Å². The molecule has 0 aliphatic carbocycles. The van der Waals surface area contributed by atoms with E-state index in [1.54, 1.807) is 0 Å². The molecule has 0 aromatic heterocycles. The van der Waals surface area contributed by atoms with E-state index in [-0.39, 0.29) is 12.1 Å². The normalized spacial score (nSPS) is 16.5. The summed E-state index contributed by atoms with van der Waals surface area (Å²) in [5.41, 5.74) is 2.41. The number of hydrogen-bond donors (Lipinski definition) is 1. The zero-order chi connectivity index (χ0) is 13.8. The fourth-order valence-electron chi connectivity index (χ4n) is 2.11. The van der Waals surface area contributed by atoms with Gasteiger partial charge in [0.1, 0.15) is 5.82 Å². The van der Waals surface area contributed by atoms with Gasteiger partial charge in [-0.25, -0.2) is 9.40 Å². The molecule has 1 aliphatic rings. The number of piperidine rings is 1. The average molecular weight is 271 g/mol. The largest absolute Gasteiger partial charge is 0.305 e. The number of hydrogen-bond acceptors (Lipinski definition) is 4. The van der Waals surface area contributed by atoms with Crippen LogP contribution in [0.1, 0.15) is 24.8 Å². The summed E-state index contributed by atoms with van der Waals surface area (Å²) >= 11 is 0. The maximum absolute atomic E-state index is 13.5. The van der Waals surface area contributed by atoms with Crippen molar-refractivity contribution in [2.24, 2.45) is 0 Å². The molecule has 0 atom stereocenters. The first-order valence-corrected chi connectivity index (χ1v) is 6.18. The summed E-state index contributed by atoms with van der Waals surface area (Å²) in [5, 5.41) is 12.6. The van der Waals surface area contributed by atoms with Crippen LogP contribution < -0.4 is 5.43 Å². The van der Waals surface area contributed by atoms with E-state index in [0.29, 0.717) is 6.07 Å². The van der Waals surface area contributed by atoms with Crippen molar-refractivity contribution in [3.8, 4) is 0 Å². The minimum atomic E-state index is -1.15. The van der Waals surface area contributed by atoms with E-state index in [1.807, 2.05) is 5.01 Å². The van der Waals surface area contributed by atoms with E-state index >= 15 is 0 Å². The Bertz CT molecular complexity index is 476. The highest BCUT2D eigenvalue weighted by Gasteiger charge is 2.19. The number of hydrazine groups is 1. The predicted molar refractivity (Wildman–Crippen MR) is 65.3 cm³/mol. The van der Waals surface area contributed by atoms with Crippen molar-refractivity contribution in [1.29, 1.82) is 0 Å². The van der Waals surface area contributed by atoms with Crippen LogP contribution in [0.15, 0.2) is 12.1 Å². The zero-order valence-corrected chi connectivity index (χ0v) is 10.4. The molecule has 0 bridgehead atoms. The Balaban J connectivity index is 2.06. The molecule has 1 N–H and O–H groups in total. The molecule has 5 nitrogen and oxygen atoms in total. The molecule has 1 saturated heterocycles. The first-order valence-electron chi connectivity index (χ1n) is 6.18. The molecule has 1 aromatic rings. The van der Waals surface area contributed by atoms with Gasteiger partial charge in [0.2, 0.25) is 5.82 Å². The fraction of sp³-hybridized carbons (Fsp3) is 0.500. The van der Waals surface area contributed by atoms with Gasteiger partial charge in [-0.2, -0.15) is 4.39 Å². The summed E-state index contributed by atoms with van der Waals surface area (Å²) in [6.45, 7) is 1.85. The van der Waals surface area contributed by atoms with Crippen LogP contribution in [0.25, 0.3) is 0 Å². The van der Waals surface area contributed by atoms with E-state index in [0.717, 1.165) is 32.0 Å². The monoisotopic (exact) mass is 271 g/mol. The molecule has 1 fully saturated rings. The number of nitrogens with zero attached hydrogens (tertiary/aromatic N) is 2. The van der Waals surface area contributed by atoms with Crippen LogP contribution in [0, 0.1) is 21.7 Å². The van der Waals surface area contributed by atoms with Crippen LogP contribution in [0.2, 0.25) is 0 Å². The van der Waals surface area contributed by atoms with E-state index in [4.69, 9.17) is 0 Å². The summed E-state index contributed by atoms with van der Waals surface area (Å²) in [6.07, 6.45) is 3.31. The summed E-state index contributed by atoms with van der Waals surface area (Å²) in [7, 11) is 0. The van der Waals surface area contributed by atoms with Crippen LogP contribution in [0.5, 0.6) is 0 Å². The third kappa shape index (κ3) is 3.45. The molecular weight excluding hydrogens is 256 g/mol. The number of nitro groups is 1. The third-order valence-electron chi connectivity index (χ3n) is 3.16. The van der Waals surface area contributed by atoms with Crippen LogP contribution in [0.4, 0.5) is 14.5 Å². The average Bonchev–Trinajstić information content (AvgIpc) is 2.38. The minimum absolute atomic E-state index is 0.0960. The van der Waals surface area contributed by atoms with Crippen LogP contribution in [0.3, 0.4) is 0 Å². The Morgan fingerprint density at radius 1 is 1.21 bits per heavy atom. The smallest absolute Gasteiger partial charge is 0.258 e. The van der Waals surface area contributed by atoms with Gasteiger partial charge in [-0.15, -0.1) is 0 Å². The highest BCUT2D eigenvalue weighted by molar-refractivity contribution is 5.37. The second-order valence-electron chi connectivity index (χ2n) is 4.53. The van der Waals surface area contributed by atoms with E-state index in [1.165, 1.54) is 6.42 Å². The van der Waals surface area contributed by atoms with Gasteiger partial charge in [0.05, 0.1) is 4.92 Å². The number of benzene rings is 1. The molecule has 1 aliphatic heterocycles. The van der Waals surface area contributed by atoms with Gasteiger partial charge in [0, 0.05) is 37.3 Å². The lowest BCUT2D eigenvalue weighted by molar-refractivity contribution is -0.387. The summed E-state index contributed by atoms with van der Waals surface area (Å²) in [5.74, 6) is -1.92. The standard InChI is InChI=1S/C12H15F2N3O2/c13-10-7-11(14)12(17(18)19)6-9(10)8-15-16-4-2-1-3-5-16/h6-7,15H,1-5,8H2. The zero-order valence-electron chi connectivity index (χ0n) is 10.4. The third-order valence-corrected chi connectivity index (χ3v) is 3.16. The first-order chi connectivity index (χ1) is 9.08. The van der Waals surface area contributed by atoms with Gasteiger partial charge in [-0.3, -0.25) is 15.5 Å². The molecule has 1 heterocycles. The maximum Gasteiger partial charge on any atom is 0.305 e. The van der Waals surface area contributed by atoms with Crippen LogP contribution >= 0.6 is 0 Å². The van der Waals surface area contributed by atoms with Gasteiger partial charge in [0.15, 0.2) is 0 Å². The van der Waals surface area contributed by atoms with Gasteiger partial charge in [-0.05, 0) is 12.8 Å². The Morgan fingerprint density at radius 3 is 2.53 bits per heavy atom. The summed E-state index contributed by atoms with van der Waals surface area (Å²) < 4.78 is 26.7. The second kappa shape index (κ2) is 6.03. The molecule has 0 unspecified atom stereocenters. The van der Waals surface area contributed by atoms with Crippen molar-refractivity contribution in [2.75, 3.05) is 13.1 Å². The van der Waals surface area contributed by atoms with E-state index in [2.05, 4.69) is 5.43 Å². The van der Waals surface area contributed by atoms with Crippen molar-refractivity contribution < 1.29 is 13.7 Å². The minimum Gasteiger partial charge on any atom is -0.258 e. The van der Waals surface area contributed by atoms with Crippen LogP contribution in [-0.4, -0.2) is 23.0 Å². The lowest BCUT2D eigenvalue weighted by atomic mass is 10.1. The molecule has 1 aromatic carbocycles. The molecular formula is C12H15F2N3O2. The van der Waals surface area contributed by atoms with Gasteiger partial charge < -0.3 is 0 Å². The van der Waals surface area contributed by atoms with E-state index < -0.39 is 22.2 Å². The SMILES string of the molecule is O=[N+]([O-])c1cc(CNN2CCCCC2)c(F)cc1F. The Labute approximate surface area is 109 Å². The van der Waals surface area contributed by atoms with Crippen molar-refractivity contribution in [3.63, 3.8) is 0 Å². The Kier molecular flexibility index (Phi) is 4.39. The Hall–Kier alpha value is -1.60. The lowest BCUT2D eigenvalue weighted by Crippen LogP contribution is -2.41. The van der Waals surface area contributed by atoms with Gasteiger partial charge in [-0.1, -0.05) is 6.42 Å². The Morgan fingerprint density at radius 2 is 1.89 bits per heavy atom. The van der Waals surface area contributed by atoms with Crippen molar-refractivity contribution in [1.82, 2.24) is 10.4 Å². The maximum atomic E-state index is 13.5. The number of halogens is 2. The van der Waals surface area contributed by atoms with Crippen molar-refractivity contribution >= 4 is 5.69 Å². The first kappa shape index (κ1) is 13.8. The molecule has 0 radical (unpaired) electrons. The molecule has 0 amide bonds. The molecule has 0 spiro atoms. The van der Waals surface area contributed by atoms with Crippen molar-refractivity contribution in [3.05, 3.63) is 39.4 Å². The highest BCUT2D eigenvalue weighted by Crippen LogP contribution is 2.21. The lowest BCUT2D eigenvalue weighted by Gasteiger charge is -2.27. The quantitative estimate of drug-likeness (QED) is 0.674.